The number of carbonyl (C=O) groups excluding carboxylic acids is 1. The number of aliphatic imine (C=N–C) groups is 1. The molecule has 2 aromatic rings. The predicted octanol–water partition coefficient (Wildman–Crippen LogP) is 3.05. The highest BCUT2D eigenvalue weighted by Crippen LogP contribution is 2.10. The van der Waals surface area contributed by atoms with Gasteiger partial charge in [-0.3, -0.25) is 9.79 Å². The van der Waals surface area contributed by atoms with Gasteiger partial charge in [0.1, 0.15) is 0 Å². The number of guanidine groups is 1. The predicted molar refractivity (Wildman–Crippen MR) is 107 cm³/mol. The van der Waals surface area contributed by atoms with Crippen LogP contribution >= 0.6 is 11.6 Å². The average Bonchev–Trinajstić information content (AvgIpc) is 2.66. The lowest BCUT2D eigenvalue weighted by Gasteiger charge is -2.22. The fraction of sp³-hybridized carbons (Fsp3) is 0.300. The molecule has 0 radical (unpaired) electrons. The van der Waals surface area contributed by atoms with Crippen molar-refractivity contribution in [1.29, 1.82) is 0 Å². The monoisotopic (exact) mass is 372 g/mol. The maximum absolute atomic E-state index is 12.0. The lowest BCUT2D eigenvalue weighted by atomic mass is 10.2. The summed E-state index contributed by atoms with van der Waals surface area (Å²) in [6.07, 6.45) is 0.390. The number of hydrogen-bond acceptors (Lipinski definition) is 2. The summed E-state index contributed by atoms with van der Waals surface area (Å²) in [4.78, 5) is 18.2. The fourth-order valence-corrected chi connectivity index (χ4v) is 2.62. The van der Waals surface area contributed by atoms with Crippen molar-refractivity contribution in [3.05, 3.63) is 70.7 Å². The molecule has 0 atom stereocenters. The maximum atomic E-state index is 12.0. The molecule has 2 aromatic carbocycles. The molecule has 0 aliphatic carbocycles. The molecule has 6 heteroatoms. The van der Waals surface area contributed by atoms with Crippen LogP contribution in [0.4, 0.5) is 0 Å². The first-order chi connectivity index (χ1) is 12.6. The molecule has 2 rings (SSSR count). The van der Waals surface area contributed by atoms with Crippen molar-refractivity contribution in [2.45, 2.75) is 19.5 Å². The Balaban J connectivity index is 1.72. The van der Waals surface area contributed by atoms with Gasteiger partial charge in [0.15, 0.2) is 5.96 Å². The first-order valence-electron chi connectivity index (χ1n) is 8.55. The molecule has 0 unspecified atom stereocenters. The molecule has 26 heavy (non-hydrogen) atoms. The van der Waals surface area contributed by atoms with Crippen molar-refractivity contribution in [1.82, 2.24) is 15.5 Å². The number of amides is 1. The molecule has 5 nitrogen and oxygen atoms in total. The van der Waals surface area contributed by atoms with Crippen LogP contribution < -0.4 is 10.6 Å². The summed E-state index contributed by atoms with van der Waals surface area (Å²) >= 11 is 5.91. The van der Waals surface area contributed by atoms with Crippen LogP contribution in [0.1, 0.15) is 17.5 Å². The molecule has 0 aliphatic heterocycles. The van der Waals surface area contributed by atoms with Gasteiger partial charge in [-0.15, -0.1) is 0 Å². The summed E-state index contributed by atoms with van der Waals surface area (Å²) in [7, 11) is 3.69. The van der Waals surface area contributed by atoms with Crippen LogP contribution in [0, 0.1) is 0 Å². The average molecular weight is 373 g/mol. The number of halogens is 1. The minimum Gasteiger partial charge on any atom is -0.356 e. The Morgan fingerprint density at radius 2 is 1.73 bits per heavy atom. The van der Waals surface area contributed by atoms with Crippen molar-refractivity contribution in [2.75, 3.05) is 20.6 Å². The van der Waals surface area contributed by atoms with E-state index in [1.54, 1.807) is 7.05 Å². The van der Waals surface area contributed by atoms with E-state index in [1.807, 2.05) is 66.5 Å². The molecule has 0 saturated heterocycles. The summed E-state index contributed by atoms with van der Waals surface area (Å²) in [5, 5.41) is 6.86. The van der Waals surface area contributed by atoms with Gasteiger partial charge in [0.05, 0.1) is 0 Å². The molecule has 1 amide bonds. The summed E-state index contributed by atoms with van der Waals surface area (Å²) in [5.74, 6) is 0.757. The largest absolute Gasteiger partial charge is 0.356 e. The van der Waals surface area contributed by atoms with Gasteiger partial charge in [0.2, 0.25) is 5.91 Å². The van der Waals surface area contributed by atoms with Gasteiger partial charge in [-0.25, -0.2) is 0 Å². The van der Waals surface area contributed by atoms with Crippen molar-refractivity contribution in [3.63, 3.8) is 0 Å². The number of hydrogen-bond donors (Lipinski definition) is 2. The standard InChI is InChI=1S/C20H25ClN4O/c1-22-20(25(2)15-17-8-10-18(21)11-9-17)23-13-12-19(26)24-14-16-6-4-3-5-7-16/h3-11H,12-15H2,1-2H3,(H,22,23)(H,24,26). The lowest BCUT2D eigenvalue weighted by molar-refractivity contribution is -0.121. The van der Waals surface area contributed by atoms with Crippen LogP contribution in [0.5, 0.6) is 0 Å². The van der Waals surface area contributed by atoms with E-state index in [0.717, 1.165) is 22.1 Å². The smallest absolute Gasteiger partial charge is 0.222 e. The van der Waals surface area contributed by atoms with Crippen LogP contribution in [0.15, 0.2) is 59.6 Å². The molecule has 0 spiro atoms. The van der Waals surface area contributed by atoms with Gasteiger partial charge in [0, 0.05) is 45.2 Å². The first kappa shape index (κ1) is 19.8. The third kappa shape index (κ3) is 6.76. The van der Waals surface area contributed by atoms with Gasteiger partial charge >= 0.3 is 0 Å². The third-order valence-electron chi connectivity index (χ3n) is 3.87. The topological polar surface area (TPSA) is 56.7 Å². The Kier molecular flexibility index (Phi) is 7.96. The number of carbonyl (C=O) groups is 1. The van der Waals surface area contributed by atoms with Crippen molar-refractivity contribution in [3.8, 4) is 0 Å². The molecule has 0 aliphatic rings. The van der Waals surface area contributed by atoms with Crippen molar-refractivity contribution < 1.29 is 4.79 Å². The maximum Gasteiger partial charge on any atom is 0.222 e. The number of benzene rings is 2. The molecule has 0 aromatic heterocycles. The Labute approximate surface area is 160 Å². The fourth-order valence-electron chi connectivity index (χ4n) is 2.50. The molecule has 2 N–H and O–H groups in total. The van der Waals surface area contributed by atoms with E-state index in [9.17, 15) is 4.79 Å². The van der Waals surface area contributed by atoms with E-state index in [1.165, 1.54) is 0 Å². The van der Waals surface area contributed by atoms with Gasteiger partial charge < -0.3 is 15.5 Å². The van der Waals surface area contributed by atoms with Crippen LogP contribution in [-0.2, 0) is 17.9 Å². The molecular formula is C20H25ClN4O. The van der Waals surface area contributed by atoms with E-state index >= 15 is 0 Å². The van der Waals surface area contributed by atoms with Crippen molar-refractivity contribution >= 4 is 23.5 Å². The number of nitrogens with zero attached hydrogens (tertiary/aromatic N) is 2. The minimum absolute atomic E-state index is 0.0113. The van der Waals surface area contributed by atoms with Gasteiger partial charge in [-0.05, 0) is 23.3 Å². The quantitative estimate of drug-likeness (QED) is 0.580. The van der Waals surface area contributed by atoms with E-state index in [0.29, 0.717) is 26.1 Å². The Hall–Kier alpha value is -2.53. The molecule has 0 saturated carbocycles. The summed E-state index contributed by atoms with van der Waals surface area (Å²) in [6.45, 7) is 1.78. The van der Waals surface area contributed by atoms with Crippen LogP contribution in [0.25, 0.3) is 0 Å². The zero-order chi connectivity index (χ0) is 18.8. The molecule has 0 fully saturated rings. The van der Waals surface area contributed by atoms with Gasteiger partial charge in [-0.2, -0.15) is 0 Å². The van der Waals surface area contributed by atoms with E-state index in [-0.39, 0.29) is 5.91 Å². The second-order valence-electron chi connectivity index (χ2n) is 5.97. The molecule has 0 heterocycles. The van der Waals surface area contributed by atoms with Gasteiger partial charge in [0.25, 0.3) is 0 Å². The van der Waals surface area contributed by atoms with Crippen LogP contribution in [0.2, 0.25) is 5.02 Å². The number of nitrogens with one attached hydrogen (secondary N) is 2. The zero-order valence-electron chi connectivity index (χ0n) is 15.2. The highest BCUT2D eigenvalue weighted by Gasteiger charge is 2.08. The van der Waals surface area contributed by atoms with Gasteiger partial charge in [-0.1, -0.05) is 54.1 Å². The highest BCUT2D eigenvalue weighted by atomic mass is 35.5. The Bertz CT molecular complexity index is 716. The molecule has 0 bridgehead atoms. The summed E-state index contributed by atoms with van der Waals surface area (Å²) in [6, 6.07) is 17.6. The molecular weight excluding hydrogens is 348 g/mol. The van der Waals surface area contributed by atoms with Crippen molar-refractivity contribution in [2.24, 2.45) is 4.99 Å². The Morgan fingerprint density at radius 1 is 1.04 bits per heavy atom. The second kappa shape index (κ2) is 10.5. The van der Waals surface area contributed by atoms with Crippen LogP contribution in [-0.4, -0.2) is 37.4 Å². The SMILES string of the molecule is CN=C(NCCC(=O)NCc1ccccc1)N(C)Cc1ccc(Cl)cc1. The van der Waals surface area contributed by atoms with Crippen LogP contribution in [0.3, 0.4) is 0 Å². The number of rotatable bonds is 7. The normalized spacial score (nSPS) is 11.1. The summed E-state index contributed by atoms with van der Waals surface area (Å²) in [5.41, 5.74) is 2.23. The zero-order valence-corrected chi connectivity index (χ0v) is 16.0. The second-order valence-corrected chi connectivity index (χ2v) is 6.41. The third-order valence-corrected chi connectivity index (χ3v) is 4.13. The lowest BCUT2D eigenvalue weighted by Crippen LogP contribution is -2.40. The Morgan fingerprint density at radius 3 is 2.38 bits per heavy atom. The first-order valence-corrected chi connectivity index (χ1v) is 8.93. The summed E-state index contributed by atoms with van der Waals surface area (Å²) < 4.78 is 0. The van der Waals surface area contributed by atoms with E-state index in [4.69, 9.17) is 11.6 Å². The van der Waals surface area contributed by atoms with E-state index < -0.39 is 0 Å². The molecule has 138 valence electrons. The highest BCUT2D eigenvalue weighted by molar-refractivity contribution is 6.30. The van der Waals surface area contributed by atoms with E-state index in [2.05, 4.69) is 15.6 Å². The minimum atomic E-state index is 0.0113.